The number of hydrogen-bond donors (Lipinski definition) is 1. The zero-order valence-corrected chi connectivity index (χ0v) is 18.3. The molecule has 1 aliphatic rings. The molecule has 0 aromatic heterocycles. The van der Waals surface area contributed by atoms with E-state index in [9.17, 15) is 4.79 Å². The van der Waals surface area contributed by atoms with Gasteiger partial charge in [-0.2, -0.15) is 0 Å². The van der Waals surface area contributed by atoms with Crippen molar-refractivity contribution in [2.75, 3.05) is 39.8 Å². The Morgan fingerprint density at radius 1 is 0.967 bits per heavy atom. The highest BCUT2D eigenvalue weighted by Gasteiger charge is 2.18. The van der Waals surface area contributed by atoms with Gasteiger partial charge in [-0.1, -0.05) is 31.2 Å². The fourth-order valence-corrected chi connectivity index (χ4v) is 3.63. The molecule has 0 radical (unpaired) electrons. The molecule has 3 rings (SSSR count). The van der Waals surface area contributed by atoms with E-state index < -0.39 is 6.10 Å². The van der Waals surface area contributed by atoms with Crippen LogP contribution in [0.2, 0.25) is 0 Å². The van der Waals surface area contributed by atoms with Crippen molar-refractivity contribution in [2.45, 2.75) is 33.0 Å². The van der Waals surface area contributed by atoms with Crippen LogP contribution in [-0.4, -0.2) is 61.6 Å². The molecule has 2 aromatic rings. The van der Waals surface area contributed by atoms with E-state index in [0.29, 0.717) is 12.3 Å². The van der Waals surface area contributed by atoms with Crippen LogP contribution in [0.5, 0.6) is 11.5 Å². The summed E-state index contributed by atoms with van der Waals surface area (Å²) in [6.07, 6.45) is -0.576. The molecular formula is C24H33N3O3. The minimum Gasteiger partial charge on any atom is -0.497 e. The summed E-state index contributed by atoms with van der Waals surface area (Å²) in [4.78, 5) is 17.5. The van der Waals surface area contributed by atoms with Crippen molar-refractivity contribution in [3.63, 3.8) is 0 Å². The third-order valence-corrected chi connectivity index (χ3v) is 5.62. The molecule has 0 bridgehead atoms. The van der Waals surface area contributed by atoms with Crippen molar-refractivity contribution < 1.29 is 14.3 Å². The van der Waals surface area contributed by atoms with E-state index in [0.717, 1.165) is 50.6 Å². The molecular weight excluding hydrogens is 378 g/mol. The van der Waals surface area contributed by atoms with E-state index in [1.54, 1.807) is 26.2 Å². The van der Waals surface area contributed by atoms with E-state index >= 15 is 0 Å². The number of likely N-dealkylation sites (N-methyl/N-ethyl adjacent to an activating group) is 1. The van der Waals surface area contributed by atoms with Crippen LogP contribution in [0.1, 0.15) is 25.0 Å². The van der Waals surface area contributed by atoms with Gasteiger partial charge in [0.15, 0.2) is 6.10 Å². The molecule has 1 heterocycles. The van der Waals surface area contributed by atoms with Gasteiger partial charge in [-0.25, -0.2) is 0 Å². The highest BCUT2D eigenvalue weighted by Crippen LogP contribution is 2.18. The molecule has 0 saturated carbocycles. The monoisotopic (exact) mass is 411 g/mol. The van der Waals surface area contributed by atoms with Crippen molar-refractivity contribution in [3.8, 4) is 11.5 Å². The summed E-state index contributed by atoms with van der Waals surface area (Å²) < 4.78 is 10.9. The molecule has 1 unspecified atom stereocenters. The van der Waals surface area contributed by atoms with Gasteiger partial charge in [-0.05, 0) is 48.9 Å². The Balaban J connectivity index is 1.51. The maximum Gasteiger partial charge on any atom is 0.261 e. The Morgan fingerprint density at radius 3 is 2.20 bits per heavy atom. The van der Waals surface area contributed by atoms with Crippen LogP contribution in [0.25, 0.3) is 0 Å². The van der Waals surface area contributed by atoms with Gasteiger partial charge >= 0.3 is 0 Å². The number of benzene rings is 2. The van der Waals surface area contributed by atoms with Crippen molar-refractivity contribution in [1.29, 1.82) is 0 Å². The third-order valence-electron chi connectivity index (χ3n) is 5.62. The summed E-state index contributed by atoms with van der Waals surface area (Å²) in [7, 11) is 1.62. The number of piperazine rings is 1. The Bertz CT molecular complexity index is 802. The SMILES string of the molecule is CCN1CCN(Cc2ccccc2CNC(=O)C(C)Oc2ccc(OC)cc2)CC1. The lowest BCUT2D eigenvalue weighted by molar-refractivity contribution is -0.127. The van der Waals surface area contributed by atoms with Gasteiger partial charge in [0.05, 0.1) is 7.11 Å². The molecule has 1 amide bonds. The molecule has 1 fully saturated rings. The quantitative estimate of drug-likeness (QED) is 0.688. The van der Waals surface area contributed by atoms with Gasteiger partial charge in [-0.3, -0.25) is 9.69 Å². The number of amides is 1. The zero-order chi connectivity index (χ0) is 21.3. The van der Waals surface area contributed by atoms with Gasteiger partial charge in [0, 0.05) is 39.3 Å². The number of methoxy groups -OCH3 is 1. The van der Waals surface area contributed by atoms with Gasteiger partial charge in [0.25, 0.3) is 5.91 Å². The second-order valence-corrected chi connectivity index (χ2v) is 7.63. The van der Waals surface area contributed by atoms with Crippen LogP contribution in [0.3, 0.4) is 0 Å². The molecule has 6 heteroatoms. The van der Waals surface area contributed by atoms with E-state index in [4.69, 9.17) is 9.47 Å². The molecule has 0 aliphatic carbocycles. The normalized spacial score (nSPS) is 16.1. The summed E-state index contributed by atoms with van der Waals surface area (Å²) >= 11 is 0. The van der Waals surface area contributed by atoms with Crippen molar-refractivity contribution >= 4 is 5.91 Å². The predicted octanol–water partition coefficient (Wildman–Crippen LogP) is 2.92. The topological polar surface area (TPSA) is 54.0 Å². The lowest BCUT2D eigenvalue weighted by Crippen LogP contribution is -2.45. The van der Waals surface area contributed by atoms with E-state index in [-0.39, 0.29) is 5.91 Å². The Morgan fingerprint density at radius 2 is 1.57 bits per heavy atom. The van der Waals surface area contributed by atoms with Gasteiger partial charge in [-0.15, -0.1) is 0 Å². The smallest absolute Gasteiger partial charge is 0.261 e. The number of rotatable bonds is 9. The lowest BCUT2D eigenvalue weighted by Gasteiger charge is -2.34. The molecule has 2 aromatic carbocycles. The molecule has 162 valence electrons. The lowest BCUT2D eigenvalue weighted by atomic mass is 10.1. The number of carbonyl (C=O) groups is 1. The molecule has 0 spiro atoms. The minimum absolute atomic E-state index is 0.128. The zero-order valence-electron chi connectivity index (χ0n) is 18.3. The summed E-state index contributed by atoms with van der Waals surface area (Å²) in [6, 6.07) is 15.6. The average Bonchev–Trinajstić information content (AvgIpc) is 2.79. The van der Waals surface area contributed by atoms with Crippen molar-refractivity contribution in [2.24, 2.45) is 0 Å². The largest absolute Gasteiger partial charge is 0.497 e. The van der Waals surface area contributed by atoms with Crippen LogP contribution in [-0.2, 0) is 17.9 Å². The highest BCUT2D eigenvalue weighted by atomic mass is 16.5. The molecule has 30 heavy (non-hydrogen) atoms. The average molecular weight is 412 g/mol. The number of nitrogens with one attached hydrogen (secondary N) is 1. The van der Waals surface area contributed by atoms with E-state index in [1.165, 1.54) is 5.56 Å². The minimum atomic E-state index is -0.576. The number of ether oxygens (including phenoxy) is 2. The first-order valence-electron chi connectivity index (χ1n) is 10.7. The van der Waals surface area contributed by atoms with Crippen LogP contribution in [0.4, 0.5) is 0 Å². The number of carbonyl (C=O) groups excluding carboxylic acids is 1. The van der Waals surface area contributed by atoms with Crippen molar-refractivity contribution in [3.05, 3.63) is 59.7 Å². The van der Waals surface area contributed by atoms with Crippen LogP contribution < -0.4 is 14.8 Å². The summed E-state index contributed by atoms with van der Waals surface area (Å²) in [5.41, 5.74) is 2.42. The molecule has 6 nitrogen and oxygen atoms in total. The Kier molecular flexibility index (Phi) is 8.11. The molecule has 1 atom stereocenters. The number of nitrogens with zero attached hydrogens (tertiary/aromatic N) is 2. The maximum absolute atomic E-state index is 12.5. The van der Waals surface area contributed by atoms with Crippen LogP contribution in [0, 0.1) is 0 Å². The second kappa shape index (κ2) is 11.0. The highest BCUT2D eigenvalue weighted by molar-refractivity contribution is 5.80. The molecule has 1 saturated heterocycles. The fraction of sp³-hybridized carbons (Fsp3) is 0.458. The third kappa shape index (κ3) is 6.21. The first kappa shape index (κ1) is 22.1. The number of hydrogen-bond acceptors (Lipinski definition) is 5. The van der Waals surface area contributed by atoms with Gasteiger partial charge < -0.3 is 19.7 Å². The van der Waals surface area contributed by atoms with Crippen molar-refractivity contribution in [1.82, 2.24) is 15.1 Å². The first-order chi connectivity index (χ1) is 14.6. The van der Waals surface area contributed by atoms with E-state index in [2.05, 4.69) is 40.2 Å². The predicted molar refractivity (Wildman–Crippen MR) is 119 cm³/mol. The second-order valence-electron chi connectivity index (χ2n) is 7.63. The van der Waals surface area contributed by atoms with E-state index in [1.807, 2.05) is 18.2 Å². The summed E-state index contributed by atoms with van der Waals surface area (Å²) in [5, 5.41) is 3.02. The standard InChI is InChI=1S/C24H33N3O3/c1-4-26-13-15-27(16-14-26)18-21-8-6-5-7-20(21)17-25-24(28)19(2)30-23-11-9-22(29-3)10-12-23/h5-12,19H,4,13-18H2,1-3H3,(H,25,28). The van der Waals surface area contributed by atoms with Crippen LogP contribution in [0.15, 0.2) is 48.5 Å². The fourth-order valence-electron chi connectivity index (χ4n) is 3.63. The Hall–Kier alpha value is -2.57. The van der Waals surface area contributed by atoms with Gasteiger partial charge in [0.1, 0.15) is 11.5 Å². The summed E-state index contributed by atoms with van der Waals surface area (Å²) in [6.45, 7) is 10.9. The first-order valence-corrected chi connectivity index (χ1v) is 10.7. The van der Waals surface area contributed by atoms with Crippen LogP contribution >= 0.6 is 0 Å². The maximum atomic E-state index is 12.5. The Labute approximate surface area is 179 Å². The van der Waals surface area contributed by atoms with Gasteiger partial charge in [0.2, 0.25) is 0 Å². The summed E-state index contributed by atoms with van der Waals surface area (Å²) in [5.74, 6) is 1.27. The molecule has 1 aliphatic heterocycles. The molecule has 1 N–H and O–H groups in total.